The fraction of sp³-hybridized carbons (Fsp3) is 0.818. The van der Waals surface area contributed by atoms with Crippen LogP contribution in [0.1, 0.15) is 20.3 Å². The van der Waals surface area contributed by atoms with Gasteiger partial charge in [0.1, 0.15) is 6.04 Å². The first-order valence-electron chi connectivity index (χ1n) is 5.76. The van der Waals surface area contributed by atoms with Crippen molar-refractivity contribution in [3.05, 3.63) is 0 Å². The lowest BCUT2D eigenvalue weighted by Crippen LogP contribution is -2.49. The summed E-state index contributed by atoms with van der Waals surface area (Å²) in [6.45, 7) is 5.06. The van der Waals surface area contributed by atoms with Gasteiger partial charge in [0.05, 0.1) is 0 Å². The number of carbonyl (C=O) groups excluding carboxylic acids is 1. The van der Waals surface area contributed by atoms with Crippen molar-refractivity contribution in [1.29, 1.82) is 0 Å². The summed E-state index contributed by atoms with van der Waals surface area (Å²) in [6, 6.07) is -0.688. The Morgan fingerprint density at radius 2 is 1.88 bits per heavy atom. The summed E-state index contributed by atoms with van der Waals surface area (Å²) in [5.41, 5.74) is 0. The van der Waals surface area contributed by atoms with Crippen LogP contribution in [0.2, 0.25) is 0 Å². The van der Waals surface area contributed by atoms with Gasteiger partial charge in [0.2, 0.25) is 5.91 Å². The first kappa shape index (κ1) is 15.7. The molecule has 0 rings (SSSR count). The number of amides is 2. The molecule has 0 spiro atoms. The van der Waals surface area contributed by atoms with Gasteiger partial charge in [0.15, 0.2) is 0 Å². The second-order valence-corrected chi connectivity index (χ2v) is 4.62. The Morgan fingerprint density at radius 1 is 1.29 bits per heavy atom. The third-order valence-electron chi connectivity index (χ3n) is 2.31. The zero-order valence-corrected chi connectivity index (χ0v) is 11.0. The molecule has 0 aromatic carbocycles. The summed E-state index contributed by atoms with van der Waals surface area (Å²) in [7, 11) is 3.93. The Labute approximate surface area is 102 Å². The highest BCUT2D eigenvalue weighted by Gasteiger charge is 2.23. The lowest BCUT2D eigenvalue weighted by atomic mass is 10.0. The molecule has 3 N–H and O–H groups in total. The van der Waals surface area contributed by atoms with E-state index >= 15 is 0 Å². The van der Waals surface area contributed by atoms with E-state index in [1.807, 2.05) is 19.0 Å². The minimum absolute atomic E-state index is 0.0695. The minimum atomic E-state index is -1.17. The maximum atomic E-state index is 11.7. The van der Waals surface area contributed by atoms with E-state index in [0.29, 0.717) is 6.54 Å². The molecule has 17 heavy (non-hydrogen) atoms. The smallest absolute Gasteiger partial charge is 0.405 e. The Morgan fingerprint density at radius 3 is 2.29 bits per heavy atom. The molecule has 0 aliphatic carbocycles. The molecule has 100 valence electrons. The summed E-state index contributed by atoms with van der Waals surface area (Å²) in [6.07, 6.45) is -0.330. The molecule has 0 heterocycles. The molecule has 6 heteroatoms. The van der Waals surface area contributed by atoms with Crippen molar-refractivity contribution < 1.29 is 14.7 Å². The van der Waals surface area contributed by atoms with E-state index < -0.39 is 12.1 Å². The van der Waals surface area contributed by atoms with Gasteiger partial charge in [-0.05, 0) is 33.0 Å². The molecule has 0 radical (unpaired) electrons. The lowest BCUT2D eigenvalue weighted by molar-refractivity contribution is -0.124. The van der Waals surface area contributed by atoms with Crippen LogP contribution in [-0.4, -0.2) is 55.2 Å². The number of carboxylic acid groups (broad SMARTS) is 1. The van der Waals surface area contributed by atoms with Gasteiger partial charge >= 0.3 is 6.09 Å². The van der Waals surface area contributed by atoms with E-state index in [-0.39, 0.29) is 11.8 Å². The molecule has 0 fully saturated rings. The van der Waals surface area contributed by atoms with Crippen molar-refractivity contribution in [3.8, 4) is 0 Å². The average molecular weight is 245 g/mol. The summed E-state index contributed by atoms with van der Waals surface area (Å²) in [5.74, 6) is -0.332. The number of carbonyl (C=O) groups is 2. The van der Waals surface area contributed by atoms with E-state index in [1.165, 1.54) is 0 Å². The Bertz CT molecular complexity index is 254. The van der Waals surface area contributed by atoms with Crippen LogP contribution >= 0.6 is 0 Å². The molecule has 0 aliphatic heterocycles. The first-order chi connectivity index (χ1) is 7.84. The van der Waals surface area contributed by atoms with Crippen LogP contribution in [-0.2, 0) is 4.79 Å². The first-order valence-corrected chi connectivity index (χ1v) is 5.76. The fourth-order valence-electron chi connectivity index (χ4n) is 1.38. The highest BCUT2D eigenvalue weighted by Crippen LogP contribution is 2.01. The molecule has 6 nitrogen and oxygen atoms in total. The second kappa shape index (κ2) is 7.89. The van der Waals surface area contributed by atoms with Gasteiger partial charge in [-0.2, -0.15) is 0 Å². The molecule has 1 atom stereocenters. The molecular formula is C11H23N3O3. The Hall–Kier alpha value is -1.30. The standard InChI is InChI=1S/C11H23N3O3/c1-8(2)9(13-11(16)17)10(15)12-6-5-7-14(3)4/h8-9,13H,5-7H2,1-4H3,(H,12,15)(H,16,17). The summed E-state index contributed by atoms with van der Waals surface area (Å²) < 4.78 is 0. The molecule has 0 aromatic heterocycles. The molecule has 0 saturated carbocycles. The van der Waals surface area contributed by atoms with Gasteiger partial charge in [0, 0.05) is 6.54 Å². The number of hydrogen-bond donors (Lipinski definition) is 3. The maximum Gasteiger partial charge on any atom is 0.405 e. The minimum Gasteiger partial charge on any atom is -0.465 e. The van der Waals surface area contributed by atoms with Crippen LogP contribution < -0.4 is 10.6 Å². The number of nitrogens with one attached hydrogen (secondary N) is 2. The van der Waals surface area contributed by atoms with Crippen molar-refractivity contribution in [3.63, 3.8) is 0 Å². The van der Waals surface area contributed by atoms with Crippen molar-refractivity contribution in [2.24, 2.45) is 5.92 Å². The number of hydrogen-bond acceptors (Lipinski definition) is 3. The van der Waals surface area contributed by atoms with Crippen molar-refractivity contribution in [1.82, 2.24) is 15.5 Å². The van der Waals surface area contributed by atoms with E-state index in [4.69, 9.17) is 5.11 Å². The van der Waals surface area contributed by atoms with Gasteiger partial charge in [-0.15, -0.1) is 0 Å². The molecule has 2 amide bonds. The van der Waals surface area contributed by atoms with E-state index in [0.717, 1.165) is 13.0 Å². The van der Waals surface area contributed by atoms with Crippen LogP contribution in [0.4, 0.5) is 4.79 Å². The van der Waals surface area contributed by atoms with Crippen LogP contribution in [0.5, 0.6) is 0 Å². The molecule has 0 aliphatic rings. The monoisotopic (exact) mass is 245 g/mol. The van der Waals surface area contributed by atoms with E-state index in [1.54, 1.807) is 13.8 Å². The van der Waals surface area contributed by atoms with Crippen LogP contribution in [0, 0.1) is 5.92 Å². The highest BCUT2D eigenvalue weighted by atomic mass is 16.4. The summed E-state index contributed by atoms with van der Waals surface area (Å²) in [5, 5.41) is 13.6. The van der Waals surface area contributed by atoms with Crippen molar-refractivity contribution >= 4 is 12.0 Å². The summed E-state index contributed by atoms with van der Waals surface area (Å²) in [4.78, 5) is 24.3. The quantitative estimate of drug-likeness (QED) is 0.565. The van der Waals surface area contributed by atoms with Crippen molar-refractivity contribution in [2.75, 3.05) is 27.2 Å². The number of nitrogens with zero attached hydrogens (tertiary/aromatic N) is 1. The van der Waals surface area contributed by atoms with Gasteiger partial charge in [0.25, 0.3) is 0 Å². The molecule has 0 bridgehead atoms. The molecule has 1 unspecified atom stereocenters. The fourth-order valence-corrected chi connectivity index (χ4v) is 1.38. The van der Waals surface area contributed by atoms with Crippen molar-refractivity contribution in [2.45, 2.75) is 26.3 Å². The Kier molecular flexibility index (Phi) is 7.29. The predicted molar refractivity (Wildman–Crippen MR) is 66.0 cm³/mol. The third kappa shape index (κ3) is 7.57. The maximum absolute atomic E-state index is 11.7. The third-order valence-corrected chi connectivity index (χ3v) is 2.31. The van der Waals surface area contributed by atoms with Crippen LogP contribution in [0.25, 0.3) is 0 Å². The largest absolute Gasteiger partial charge is 0.465 e. The predicted octanol–water partition coefficient (Wildman–Crippen LogP) is 0.347. The van der Waals surface area contributed by atoms with Crippen LogP contribution in [0.15, 0.2) is 0 Å². The topological polar surface area (TPSA) is 81.7 Å². The van der Waals surface area contributed by atoms with Gasteiger partial charge < -0.3 is 20.6 Å². The van der Waals surface area contributed by atoms with E-state index in [9.17, 15) is 9.59 Å². The Balaban J connectivity index is 4.02. The molecular weight excluding hydrogens is 222 g/mol. The zero-order chi connectivity index (χ0) is 13.4. The van der Waals surface area contributed by atoms with Crippen LogP contribution in [0.3, 0.4) is 0 Å². The van der Waals surface area contributed by atoms with Gasteiger partial charge in [-0.3, -0.25) is 4.79 Å². The lowest BCUT2D eigenvalue weighted by Gasteiger charge is -2.20. The highest BCUT2D eigenvalue weighted by molar-refractivity contribution is 5.85. The average Bonchev–Trinajstić information content (AvgIpc) is 2.19. The SMILES string of the molecule is CC(C)C(NC(=O)O)C(=O)NCCCN(C)C. The molecule has 0 aromatic rings. The zero-order valence-electron chi connectivity index (χ0n) is 11.0. The van der Waals surface area contributed by atoms with E-state index in [2.05, 4.69) is 10.6 Å². The molecule has 0 saturated heterocycles. The number of rotatable bonds is 7. The van der Waals surface area contributed by atoms with Gasteiger partial charge in [-0.25, -0.2) is 4.79 Å². The van der Waals surface area contributed by atoms with Gasteiger partial charge in [-0.1, -0.05) is 13.8 Å². The summed E-state index contributed by atoms with van der Waals surface area (Å²) >= 11 is 0. The second-order valence-electron chi connectivity index (χ2n) is 4.62. The normalized spacial score (nSPS) is 12.6.